The molecule has 0 aliphatic carbocycles. The first-order valence-corrected chi connectivity index (χ1v) is 9.06. The average Bonchev–Trinajstić information content (AvgIpc) is 2.59. The third kappa shape index (κ3) is 3.12. The first-order valence-electron chi connectivity index (χ1n) is 6.79. The van der Waals surface area contributed by atoms with Gasteiger partial charge in [0.25, 0.3) is 0 Å². The molecule has 6 heteroatoms. The van der Waals surface area contributed by atoms with E-state index in [9.17, 15) is 0 Å². The van der Waals surface area contributed by atoms with Crippen LogP contribution in [0.25, 0.3) is 22.3 Å². The van der Waals surface area contributed by atoms with Gasteiger partial charge in [-0.15, -0.1) is 0 Å². The van der Waals surface area contributed by atoms with E-state index in [1.54, 1.807) is 6.07 Å². The van der Waals surface area contributed by atoms with Gasteiger partial charge in [-0.25, -0.2) is 0 Å². The van der Waals surface area contributed by atoms with Gasteiger partial charge < -0.3 is 0 Å². The highest BCUT2D eigenvalue weighted by molar-refractivity contribution is 6.56. The van der Waals surface area contributed by atoms with Gasteiger partial charge in [-0.05, 0) is 17.2 Å². The summed E-state index contributed by atoms with van der Waals surface area (Å²) in [5, 5.41) is 1.46. The summed E-state index contributed by atoms with van der Waals surface area (Å²) >= 11 is 37.8. The van der Waals surface area contributed by atoms with Gasteiger partial charge >= 0.3 is 0 Å². The fourth-order valence-electron chi connectivity index (χ4n) is 2.47. The standard InChI is InChI=1S/C18H8Cl6/c19-11-8-4-7-10(12(11)9-5-2-1-3-6-9)13-14(20)16(22)18(24)17(23)15(13)21/h1-8H. The first kappa shape index (κ1) is 18.2. The highest BCUT2D eigenvalue weighted by Crippen LogP contribution is 2.50. The summed E-state index contributed by atoms with van der Waals surface area (Å²) in [7, 11) is 0. The lowest BCUT2D eigenvalue weighted by Gasteiger charge is -2.17. The van der Waals surface area contributed by atoms with Crippen LogP contribution in [0, 0.1) is 0 Å². The zero-order valence-corrected chi connectivity index (χ0v) is 16.4. The van der Waals surface area contributed by atoms with Crippen molar-refractivity contribution in [3.8, 4) is 22.3 Å². The summed E-state index contributed by atoms with van der Waals surface area (Å²) in [5.74, 6) is 0. The van der Waals surface area contributed by atoms with Gasteiger partial charge in [0.05, 0.1) is 25.1 Å². The molecule has 0 saturated carbocycles. The number of benzene rings is 3. The van der Waals surface area contributed by atoms with Crippen LogP contribution in [0.3, 0.4) is 0 Å². The molecule has 3 rings (SSSR count). The lowest BCUT2D eigenvalue weighted by molar-refractivity contribution is 1.58. The Morgan fingerprint density at radius 1 is 0.458 bits per heavy atom. The van der Waals surface area contributed by atoms with E-state index in [4.69, 9.17) is 69.6 Å². The van der Waals surface area contributed by atoms with Crippen LogP contribution in [0.5, 0.6) is 0 Å². The van der Waals surface area contributed by atoms with Gasteiger partial charge in [0.1, 0.15) is 0 Å². The van der Waals surface area contributed by atoms with E-state index < -0.39 is 0 Å². The Morgan fingerprint density at radius 3 is 1.58 bits per heavy atom. The molecule has 3 aromatic carbocycles. The summed E-state index contributed by atoms with van der Waals surface area (Å²) in [6, 6.07) is 15.2. The Bertz CT molecular complexity index is 890. The minimum absolute atomic E-state index is 0.125. The summed E-state index contributed by atoms with van der Waals surface area (Å²) in [5.41, 5.74) is 2.94. The van der Waals surface area contributed by atoms with Crippen molar-refractivity contribution in [1.29, 1.82) is 0 Å². The smallest absolute Gasteiger partial charge is 0.0809 e. The van der Waals surface area contributed by atoms with Crippen LogP contribution in [0.1, 0.15) is 0 Å². The fraction of sp³-hybridized carbons (Fsp3) is 0. The average molecular weight is 437 g/mol. The van der Waals surface area contributed by atoms with Crippen molar-refractivity contribution in [3.63, 3.8) is 0 Å². The number of hydrogen-bond acceptors (Lipinski definition) is 0. The van der Waals surface area contributed by atoms with E-state index in [2.05, 4.69) is 0 Å². The van der Waals surface area contributed by atoms with Gasteiger partial charge in [-0.2, -0.15) is 0 Å². The third-order valence-corrected chi connectivity index (χ3v) is 6.15. The predicted molar refractivity (Wildman–Crippen MR) is 107 cm³/mol. The molecule has 0 nitrogen and oxygen atoms in total. The topological polar surface area (TPSA) is 0 Å². The molecular formula is C18H8Cl6. The van der Waals surface area contributed by atoms with Crippen molar-refractivity contribution in [3.05, 3.63) is 78.7 Å². The summed E-state index contributed by atoms with van der Waals surface area (Å²) in [6.07, 6.45) is 0. The minimum Gasteiger partial charge on any atom is -0.0836 e. The van der Waals surface area contributed by atoms with E-state index in [0.717, 1.165) is 16.7 Å². The largest absolute Gasteiger partial charge is 0.0836 e. The normalized spacial score (nSPS) is 10.9. The second-order valence-corrected chi connectivity index (χ2v) is 7.27. The highest BCUT2D eigenvalue weighted by atomic mass is 35.5. The fourth-order valence-corrected chi connectivity index (χ4v) is 4.10. The maximum Gasteiger partial charge on any atom is 0.0809 e. The monoisotopic (exact) mass is 434 g/mol. The van der Waals surface area contributed by atoms with Crippen molar-refractivity contribution in [2.75, 3.05) is 0 Å². The van der Waals surface area contributed by atoms with Crippen molar-refractivity contribution in [2.45, 2.75) is 0 Å². The second-order valence-electron chi connectivity index (χ2n) is 4.97. The molecule has 0 atom stereocenters. The maximum absolute atomic E-state index is 6.45. The van der Waals surface area contributed by atoms with Crippen molar-refractivity contribution >= 4 is 69.6 Å². The summed E-state index contributed by atoms with van der Waals surface area (Å²) in [4.78, 5) is 0. The molecule has 0 aliphatic heterocycles. The Hall–Kier alpha value is -0.600. The second kappa shape index (κ2) is 7.33. The molecule has 0 N–H and O–H groups in total. The molecule has 0 aromatic heterocycles. The zero-order chi connectivity index (χ0) is 17.4. The third-order valence-electron chi connectivity index (χ3n) is 3.56. The molecular weight excluding hydrogens is 429 g/mol. The van der Waals surface area contributed by atoms with Crippen LogP contribution >= 0.6 is 69.6 Å². The molecule has 0 aliphatic rings. The molecule has 24 heavy (non-hydrogen) atoms. The molecule has 122 valence electrons. The molecule has 3 aromatic rings. The van der Waals surface area contributed by atoms with Gasteiger partial charge in [-0.3, -0.25) is 0 Å². The molecule has 0 fully saturated rings. The van der Waals surface area contributed by atoms with Crippen LogP contribution in [0.2, 0.25) is 30.1 Å². The van der Waals surface area contributed by atoms with Gasteiger partial charge in [0, 0.05) is 16.1 Å². The predicted octanol–water partition coefficient (Wildman–Crippen LogP) is 8.94. The number of halogens is 6. The van der Waals surface area contributed by atoms with Gasteiger partial charge in [0.2, 0.25) is 0 Å². The van der Waals surface area contributed by atoms with E-state index in [0.29, 0.717) is 10.6 Å². The van der Waals surface area contributed by atoms with Crippen LogP contribution in [-0.2, 0) is 0 Å². The number of rotatable bonds is 2. The van der Waals surface area contributed by atoms with E-state index in [-0.39, 0.29) is 25.1 Å². The van der Waals surface area contributed by atoms with Crippen LogP contribution in [-0.4, -0.2) is 0 Å². The Labute approximate surface area is 169 Å². The van der Waals surface area contributed by atoms with Crippen LogP contribution in [0.4, 0.5) is 0 Å². The highest BCUT2D eigenvalue weighted by Gasteiger charge is 2.23. The molecule has 0 amide bonds. The lowest BCUT2D eigenvalue weighted by Crippen LogP contribution is -1.91. The van der Waals surface area contributed by atoms with Crippen LogP contribution in [0.15, 0.2) is 48.5 Å². The molecule has 0 saturated heterocycles. The van der Waals surface area contributed by atoms with Crippen molar-refractivity contribution in [2.24, 2.45) is 0 Å². The van der Waals surface area contributed by atoms with E-state index in [1.807, 2.05) is 42.5 Å². The van der Waals surface area contributed by atoms with E-state index in [1.165, 1.54) is 0 Å². The zero-order valence-electron chi connectivity index (χ0n) is 11.9. The minimum atomic E-state index is 0.125. The maximum atomic E-state index is 6.45. The quantitative estimate of drug-likeness (QED) is 0.278. The molecule has 0 heterocycles. The Kier molecular flexibility index (Phi) is 5.56. The Morgan fingerprint density at radius 2 is 1.00 bits per heavy atom. The van der Waals surface area contributed by atoms with Crippen molar-refractivity contribution in [1.82, 2.24) is 0 Å². The molecule has 0 radical (unpaired) electrons. The first-order chi connectivity index (χ1) is 11.4. The number of hydrogen-bond donors (Lipinski definition) is 0. The van der Waals surface area contributed by atoms with Crippen molar-refractivity contribution < 1.29 is 0 Å². The molecule has 0 unspecified atom stereocenters. The SMILES string of the molecule is Clc1cccc(-c2c(Cl)c(Cl)c(Cl)c(Cl)c2Cl)c1-c1ccccc1. The molecule has 0 bridgehead atoms. The summed E-state index contributed by atoms with van der Waals surface area (Å²) < 4.78 is 0. The van der Waals surface area contributed by atoms with Gasteiger partial charge in [0.15, 0.2) is 0 Å². The molecule has 0 spiro atoms. The van der Waals surface area contributed by atoms with Gasteiger partial charge in [-0.1, -0.05) is 112 Å². The summed E-state index contributed by atoms with van der Waals surface area (Å²) in [6.45, 7) is 0. The van der Waals surface area contributed by atoms with Crippen LogP contribution < -0.4 is 0 Å². The Balaban J connectivity index is 2.40. The van der Waals surface area contributed by atoms with E-state index >= 15 is 0 Å². The lowest BCUT2D eigenvalue weighted by atomic mass is 9.94.